The zero-order valence-corrected chi connectivity index (χ0v) is 17.2. The molecule has 1 unspecified atom stereocenters. The number of carbonyl (C=O) groups excluding carboxylic acids is 1. The van der Waals surface area contributed by atoms with Crippen LogP contribution in [-0.2, 0) is 20.0 Å². The molecule has 0 aromatic heterocycles. The molecule has 1 aromatic rings. The number of hydrogen-bond acceptors (Lipinski definition) is 4. The Bertz CT molecular complexity index is 804. The van der Waals surface area contributed by atoms with Crippen LogP contribution in [0.4, 0.5) is 0 Å². The van der Waals surface area contributed by atoms with Crippen molar-refractivity contribution in [2.75, 3.05) is 31.6 Å². The summed E-state index contributed by atoms with van der Waals surface area (Å²) in [5.41, 5.74) is 1.51. The summed E-state index contributed by atoms with van der Waals surface area (Å²) >= 11 is 0. The van der Waals surface area contributed by atoms with Gasteiger partial charge in [0, 0.05) is 38.0 Å². The Hall–Kier alpha value is -2.09. The van der Waals surface area contributed by atoms with Gasteiger partial charge in [-0.15, -0.1) is 0 Å². The molecule has 8 heteroatoms. The van der Waals surface area contributed by atoms with Gasteiger partial charge >= 0.3 is 0 Å². The van der Waals surface area contributed by atoms with Crippen molar-refractivity contribution in [3.63, 3.8) is 0 Å². The van der Waals surface area contributed by atoms with Crippen LogP contribution in [0.15, 0.2) is 35.3 Å². The quantitative estimate of drug-likeness (QED) is 0.463. The van der Waals surface area contributed by atoms with Crippen molar-refractivity contribution in [1.29, 1.82) is 0 Å². The van der Waals surface area contributed by atoms with Crippen LogP contribution in [-0.4, -0.2) is 58.0 Å². The molecule has 1 saturated heterocycles. The standard InChI is InChI=1S/C20H30N4O3S/c1-21-19(22-12-8-18(25)24-17-9-13-28(26,27)14-17)23-15-20(10-5-11-20)16-6-3-2-4-7-16/h2-4,6-7,17H,5,8-15H2,1H3,(H,24,25)(H2,21,22,23). The van der Waals surface area contributed by atoms with E-state index in [1.807, 2.05) is 6.07 Å². The Morgan fingerprint density at radius 1 is 1.21 bits per heavy atom. The normalized spacial score (nSPS) is 22.9. The molecule has 1 aromatic carbocycles. The van der Waals surface area contributed by atoms with Gasteiger partial charge < -0.3 is 16.0 Å². The van der Waals surface area contributed by atoms with Crippen LogP contribution < -0.4 is 16.0 Å². The molecule has 2 aliphatic rings. The highest BCUT2D eigenvalue weighted by Gasteiger charge is 2.38. The van der Waals surface area contributed by atoms with Crippen LogP contribution in [0.25, 0.3) is 0 Å². The maximum Gasteiger partial charge on any atom is 0.222 e. The predicted octanol–water partition coefficient (Wildman–Crippen LogP) is 0.967. The minimum atomic E-state index is -2.98. The second kappa shape index (κ2) is 8.94. The molecular weight excluding hydrogens is 376 g/mol. The predicted molar refractivity (Wildman–Crippen MR) is 111 cm³/mol. The third-order valence-electron chi connectivity index (χ3n) is 5.76. The lowest BCUT2D eigenvalue weighted by molar-refractivity contribution is -0.121. The number of aliphatic imine (C=N–C) groups is 1. The first-order valence-electron chi connectivity index (χ1n) is 9.92. The van der Waals surface area contributed by atoms with Gasteiger partial charge in [0.1, 0.15) is 0 Å². The number of nitrogens with one attached hydrogen (secondary N) is 3. The molecule has 3 rings (SSSR count). The molecule has 1 atom stereocenters. The Balaban J connectivity index is 1.41. The molecule has 1 aliphatic heterocycles. The fourth-order valence-electron chi connectivity index (χ4n) is 3.94. The summed E-state index contributed by atoms with van der Waals surface area (Å²) in [5, 5.41) is 9.37. The SMILES string of the molecule is CN=C(NCCC(=O)NC1CCS(=O)(=O)C1)NCC1(c2ccccc2)CCC1. The van der Waals surface area contributed by atoms with Gasteiger partial charge in [-0.1, -0.05) is 36.8 Å². The summed E-state index contributed by atoms with van der Waals surface area (Å²) in [7, 11) is -1.26. The molecule has 3 N–H and O–H groups in total. The Labute approximate surface area is 167 Å². The second-order valence-corrected chi connectivity index (χ2v) is 10.00. The van der Waals surface area contributed by atoms with Gasteiger partial charge in [-0.3, -0.25) is 9.79 Å². The first-order chi connectivity index (χ1) is 13.4. The van der Waals surface area contributed by atoms with Gasteiger partial charge in [-0.25, -0.2) is 8.42 Å². The average molecular weight is 407 g/mol. The molecule has 0 radical (unpaired) electrons. The fourth-order valence-corrected chi connectivity index (χ4v) is 5.61. The fraction of sp³-hybridized carbons (Fsp3) is 0.600. The van der Waals surface area contributed by atoms with Gasteiger partial charge in [0.05, 0.1) is 11.5 Å². The minimum Gasteiger partial charge on any atom is -0.356 e. The third-order valence-corrected chi connectivity index (χ3v) is 7.52. The van der Waals surface area contributed by atoms with Crippen molar-refractivity contribution in [2.24, 2.45) is 4.99 Å². The molecule has 154 valence electrons. The van der Waals surface area contributed by atoms with Crippen molar-refractivity contribution >= 4 is 21.7 Å². The molecule has 1 heterocycles. The first-order valence-corrected chi connectivity index (χ1v) is 11.7. The van der Waals surface area contributed by atoms with E-state index in [0.29, 0.717) is 18.9 Å². The van der Waals surface area contributed by atoms with E-state index in [9.17, 15) is 13.2 Å². The summed E-state index contributed by atoms with van der Waals surface area (Å²) in [6, 6.07) is 10.3. The maximum absolute atomic E-state index is 12.0. The average Bonchev–Trinajstić information content (AvgIpc) is 2.98. The first kappa shape index (κ1) is 20.6. The van der Waals surface area contributed by atoms with Crippen LogP contribution >= 0.6 is 0 Å². The molecule has 7 nitrogen and oxygen atoms in total. The largest absolute Gasteiger partial charge is 0.356 e. The summed E-state index contributed by atoms with van der Waals surface area (Å²) in [6.07, 6.45) is 4.34. The van der Waals surface area contributed by atoms with Crippen LogP contribution in [0.2, 0.25) is 0 Å². The summed E-state index contributed by atoms with van der Waals surface area (Å²) in [4.78, 5) is 16.3. The van der Waals surface area contributed by atoms with Crippen LogP contribution in [0.1, 0.15) is 37.7 Å². The van der Waals surface area contributed by atoms with Crippen LogP contribution in [0.5, 0.6) is 0 Å². The maximum atomic E-state index is 12.0. The van der Waals surface area contributed by atoms with Crippen LogP contribution in [0, 0.1) is 0 Å². The van der Waals surface area contributed by atoms with E-state index in [4.69, 9.17) is 0 Å². The van der Waals surface area contributed by atoms with Crippen molar-refractivity contribution < 1.29 is 13.2 Å². The van der Waals surface area contributed by atoms with Gasteiger partial charge in [-0.2, -0.15) is 0 Å². The number of benzene rings is 1. The molecule has 0 spiro atoms. The molecule has 1 saturated carbocycles. The van der Waals surface area contributed by atoms with E-state index in [1.54, 1.807) is 7.05 Å². The van der Waals surface area contributed by atoms with E-state index >= 15 is 0 Å². The smallest absolute Gasteiger partial charge is 0.222 e. The van der Waals surface area contributed by atoms with Crippen LogP contribution in [0.3, 0.4) is 0 Å². The zero-order valence-electron chi connectivity index (χ0n) is 16.4. The lowest BCUT2D eigenvalue weighted by Gasteiger charge is -2.43. The van der Waals surface area contributed by atoms with Crippen molar-refractivity contribution in [3.05, 3.63) is 35.9 Å². The number of sulfone groups is 1. The van der Waals surface area contributed by atoms with Gasteiger partial charge in [0.2, 0.25) is 5.91 Å². The van der Waals surface area contributed by atoms with Gasteiger partial charge in [0.25, 0.3) is 0 Å². The number of carbonyl (C=O) groups is 1. The van der Waals surface area contributed by atoms with E-state index < -0.39 is 9.84 Å². The number of rotatable bonds is 7. The Kier molecular flexibility index (Phi) is 6.59. The number of nitrogens with zero attached hydrogens (tertiary/aromatic N) is 1. The number of guanidine groups is 1. The molecule has 1 aliphatic carbocycles. The molecule has 0 bridgehead atoms. The number of amides is 1. The van der Waals surface area contributed by atoms with Crippen molar-refractivity contribution in [1.82, 2.24) is 16.0 Å². The molecule has 28 heavy (non-hydrogen) atoms. The molecular formula is C20H30N4O3S. The lowest BCUT2D eigenvalue weighted by atomic mass is 9.64. The van der Waals surface area contributed by atoms with Gasteiger partial charge in [-0.05, 0) is 24.8 Å². The number of hydrogen-bond donors (Lipinski definition) is 3. The van der Waals surface area contributed by atoms with E-state index in [1.165, 1.54) is 12.0 Å². The molecule has 1 amide bonds. The highest BCUT2D eigenvalue weighted by atomic mass is 32.2. The third kappa shape index (κ3) is 5.25. The topological polar surface area (TPSA) is 99.7 Å². The lowest BCUT2D eigenvalue weighted by Crippen LogP contribution is -2.49. The van der Waals surface area contributed by atoms with Crippen molar-refractivity contribution in [3.8, 4) is 0 Å². The second-order valence-electron chi connectivity index (χ2n) is 7.77. The minimum absolute atomic E-state index is 0.0525. The Morgan fingerprint density at radius 3 is 2.54 bits per heavy atom. The highest BCUT2D eigenvalue weighted by molar-refractivity contribution is 7.91. The van der Waals surface area contributed by atoms with Crippen molar-refractivity contribution in [2.45, 2.75) is 43.6 Å². The van der Waals surface area contributed by atoms with Gasteiger partial charge in [0.15, 0.2) is 15.8 Å². The molecule has 2 fully saturated rings. The Morgan fingerprint density at radius 2 is 1.96 bits per heavy atom. The summed E-state index contributed by atoms with van der Waals surface area (Å²) in [6.45, 7) is 1.26. The van der Waals surface area contributed by atoms with E-state index in [0.717, 1.165) is 19.4 Å². The summed E-state index contributed by atoms with van der Waals surface area (Å²) in [5.74, 6) is 0.760. The zero-order chi connectivity index (χ0) is 20.0. The van der Waals surface area contributed by atoms with E-state index in [2.05, 4.69) is 45.2 Å². The monoisotopic (exact) mass is 406 g/mol. The highest BCUT2D eigenvalue weighted by Crippen LogP contribution is 2.43. The summed E-state index contributed by atoms with van der Waals surface area (Å²) < 4.78 is 22.9. The van der Waals surface area contributed by atoms with E-state index in [-0.39, 0.29) is 35.3 Å².